The van der Waals surface area contributed by atoms with Crippen molar-refractivity contribution in [1.29, 1.82) is 0 Å². The predicted molar refractivity (Wildman–Crippen MR) is 59.0 cm³/mol. The Balaban J connectivity index is 2.18. The molecule has 78 valence electrons. The largest absolute Gasteiger partial charge is 0.490 e. The number of alkyl halides is 1. The molecule has 5 heteroatoms. The molecule has 1 aromatic heterocycles. The third-order valence-electron chi connectivity index (χ3n) is 1.40. The van der Waals surface area contributed by atoms with Gasteiger partial charge in [-0.2, -0.15) is 0 Å². The minimum atomic E-state index is 0.509. The number of rotatable bonds is 6. The summed E-state index contributed by atoms with van der Waals surface area (Å²) in [6.45, 7) is 1.61. The lowest BCUT2D eigenvalue weighted by Crippen LogP contribution is -2.08. The second-order valence-electron chi connectivity index (χ2n) is 2.49. The maximum Gasteiger partial charge on any atom is 0.138 e. The van der Waals surface area contributed by atoms with E-state index < -0.39 is 0 Å². The van der Waals surface area contributed by atoms with Crippen LogP contribution < -0.4 is 4.74 Å². The van der Waals surface area contributed by atoms with E-state index in [1.165, 1.54) is 0 Å². The topological polar surface area (TPSA) is 31.4 Å². The zero-order valence-electron chi connectivity index (χ0n) is 7.58. The van der Waals surface area contributed by atoms with Crippen LogP contribution in [0.5, 0.6) is 5.75 Å². The van der Waals surface area contributed by atoms with Crippen LogP contribution in [-0.2, 0) is 4.74 Å². The Hall–Kier alpha value is -0.320. The summed E-state index contributed by atoms with van der Waals surface area (Å²) in [5.41, 5.74) is 0. The molecule has 0 aliphatic carbocycles. The lowest BCUT2D eigenvalue weighted by atomic mass is 10.5. The third kappa shape index (κ3) is 4.79. The molecule has 0 atom stereocenters. The summed E-state index contributed by atoms with van der Waals surface area (Å²) in [5, 5.41) is 0. The van der Waals surface area contributed by atoms with Gasteiger partial charge in [0.25, 0.3) is 0 Å². The number of aromatic nitrogens is 1. The number of nitrogens with zero attached hydrogens (tertiary/aromatic N) is 1. The average Bonchev–Trinajstić information content (AvgIpc) is 2.18. The Morgan fingerprint density at radius 1 is 1.29 bits per heavy atom. The van der Waals surface area contributed by atoms with E-state index in [2.05, 4.69) is 20.9 Å². The van der Waals surface area contributed by atoms with Crippen LogP contribution in [0.2, 0.25) is 0 Å². The molecule has 1 aromatic rings. The lowest BCUT2D eigenvalue weighted by Gasteiger charge is -2.05. The Morgan fingerprint density at radius 3 is 2.86 bits per heavy atom. The number of ether oxygens (including phenoxy) is 2. The Labute approximate surface area is 96.5 Å². The smallest absolute Gasteiger partial charge is 0.138 e. The van der Waals surface area contributed by atoms with Crippen molar-refractivity contribution in [2.75, 3.05) is 25.7 Å². The number of hydrogen-bond acceptors (Lipinski definition) is 3. The van der Waals surface area contributed by atoms with Gasteiger partial charge in [-0.05, 0) is 22.0 Å². The van der Waals surface area contributed by atoms with E-state index in [1.54, 1.807) is 12.4 Å². The quantitative estimate of drug-likeness (QED) is 0.592. The minimum Gasteiger partial charge on any atom is -0.490 e. The Morgan fingerprint density at radius 2 is 2.14 bits per heavy atom. The van der Waals surface area contributed by atoms with Gasteiger partial charge in [-0.1, -0.05) is 0 Å². The van der Waals surface area contributed by atoms with E-state index >= 15 is 0 Å². The van der Waals surface area contributed by atoms with Crippen molar-refractivity contribution < 1.29 is 9.47 Å². The summed E-state index contributed by atoms with van der Waals surface area (Å²) in [7, 11) is 0. The van der Waals surface area contributed by atoms with Crippen LogP contribution >= 0.6 is 27.5 Å². The van der Waals surface area contributed by atoms with Gasteiger partial charge in [0, 0.05) is 16.5 Å². The molecule has 0 fully saturated rings. The van der Waals surface area contributed by atoms with Gasteiger partial charge in [0.05, 0.1) is 19.4 Å². The van der Waals surface area contributed by atoms with Crippen molar-refractivity contribution in [3.8, 4) is 5.75 Å². The monoisotopic (exact) mass is 279 g/mol. The molecule has 0 unspecified atom stereocenters. The van der Waals surface area contributed by atoms with Crippen LogP contribution in [0.1, 0.15) is 0 Å². The van der Waals surface area contributed by atoms with Gasteiger partial charge in [0.15, 0.2) is 0 Å². The van der Waals surface area contributed by atoms with Crippen LogP contribution in [0.3, 0.4) is 0 Å². The molecule has 0 N–H and O–H groups in total. The lowest BCUT2D eigenvalue weighted by molar-refractivity contribution is 0.111. The molecule has 0 saturated heterocycles. The maximum atomic E-state index is 5.44. The molecule has 0 radical (unpaired) electrons. The van der Waals surface area contributed by atoms with Crippen LogP contribution in [0.4, 0.5) is 0 Å². The maximum absolute atomic E-state index is 5.44. The molecule has 0 spiro atoms. The standard InChI is InChI=1S/C9H11BrClNO2/c10-8-5-9(7-12-6-8)14-4-3-13-2-1-11/h5-7H,1-4H2. The second-order valence-corrected chi connectivity index (χ2v) is 3.78. The van der Waals surface area contributed by atoms with Gasteiger partial charge in [-0.25, -0.2) is 0 Å². The van der Waals surface area contributed by atoms with Crippen molar-refractivity contribution >= 4 is 27.5 Å². The fourth-order valence-electron chi connectivity index (χ4n) is 0.846. The third-order valence-corrected chi connectivity index (χ3v) is 1.99. The SMILES string of the molecule is ClCCOCCOc1cncc(Br)c1. The molecule has 0 aliphatic heterocycles. The highest BCUT2D eigenvalue weighted by Gasteiger charge is 1.95. The molecule has 3 nitrogen and oxygen atoms in total. The molecule has 0 bridgehead atoms. The first-order valence-corrected chi connectivity index (χ1v) is 5.53. The van der Waals surface area contributed by atoms with Crippen molar-refractivity contribution in [1.82, 2.24) is 4.98 Å². The van der Waals surface area contributed by atoms with Crippen LogP contribution in [0, 0.1) is 0 Å². The van der Waals surface area contributed by atoms with E-state index in [0.717, 1.165) is 10.2 Å². The second kappa shape index (κ2) is 7.04. The van der Waals surface area contributed by atoms with Crippen LogP contribution in [-0.4, -0.2) is 30.7 Å². The molecular formula is C9H11BrClNO2. The molecule has 1 rings (SSSR count). The van der Waals surface area contributed by atoms with Crippen molar-refractivity contribution in [3.05, 3.63) is 22.9 Å². The normalized spacial score (nSPS) is 10.1. The molecule has 14 heavy (non-hydrogen) atoms. The number of pyridine rings is 1. The van der Waals surface area contributed by atoms with Crippen LogP contribution in [0.25, 0.3) is 0 Å². The highest BCUT2D eigenvalue weighted by atomic mass is 79.9. The van der Waals surface area contributed by atoms with E-state index in [4.69, 9.17) is 21.1 Å². The predicted octanol–water partition coefficient (Wildman–Crippen LogP) is 2.48. The zero-order chi connectivity index (χ0) is 10.2. The molecule has 0 saturated carbocycles. The van der Waals surface area contributed by atoms with Crippen molar-refractivity contribution in [3.63, 3.8) is 0 Å². The van der Waals surface area contributed by atoms with Crippen LogP contribution in [0.15, 0.2) is 22.9 Å². The molecule has 0 aliphatic rings. The average molecular weight is 281 g/mol. The Kier molecular flexibility index (Phi) is 5.91. The highest BCUT2D eigenvalue weighted by molar-refractivity contribution is 9.10. The number of halogens is 2. The fraction of sp³-hybridized carbons (Fsp3) is 0.444. The zero-order valence-corrected chi connectivity index (χ0v) is 9.92. The van der Waals surface area contributed by atoms with E-state index in [-0.39, 0.29) is 0 Å². The molecular weight excluding hydrogens is 269 g/mol. The Bertz CT molecular complexity index is 273. The summed E-state index contributed by atoms with van der Waals surface area (Å²) < 4.78 is 11.4. The summed E-state index contributed by atoms with van der Waals surface area (Å²) in [4.78, 5) is 3.97. The van der Waals surface area contributed by atoms with Gasteiger partial charge in [0.2, 0.25) is 0 Å². The molecule has 0 aromatic carbocycles. The highest BCUT2D eigenvalue weighted by Crippen LogP contribution is 2.15. The summed E-state index contributed by atoms with van der Waals surface area (Å²) in [6.07, 6.45) is 3.36. The first-order chi connectivity index (χ1) is 6.83. The minimum absolute atomic E-state index is 0.509. The first kappa shape index (κ1) is 11.8. The van der Waals surface area contributed by atoms with Gasteiger partial charge in [-0.3, -0.25) is 4.98 Å². The summed E-state index contributed by atoms with van der Waals surface area (Å²) >= 11 is 8.74. The van der Waals surface area contributed by atoms with Gasteiger partial charge < -0.3 is 9.47 Å². The fourth-order valence-corrected chi connectivity index (χ4v) is 1.30. The molecule has 1 heterocycles. The van der Waals surface area contributed by atoms with Crippen molar-refractivity contribution in [2.45, 2.75) is 0 Å². The van der Waals surface area contributed by atoms with Gasteiger partial charge in [0.1, 0.15) is 12.4 Å². The van der Waals surface area contributed by atoms with Crippen molar-refractivity contribution in [2.24, 2.45) is 0 Å². The molecule has 0 amide bonds. The van der Waals surface area contributed by atoms with E-state index in [9.17, 15) is 0 Å². The summed E-state index contributed by atoms with van der Waals surface area (Å²) in [5.74, 6) is 1.24. The van der Waals surface area contributed by atoms with Gasteiger partial charge in [-0.15, -0.1) is 11.6 Å². The van der Waals surface area contributed by atoms with Gasteiger partial charge >= 0.3 is 0 Å². The first-order valence-electron chi connectivity index (χ1n) is 4.20. The summed E-state index contributed by atoms with van der Waals surface area (Å²) in [6, 6.07) is 1.86. The number of hydrogen-bond donors (Lipinski definition) is 0. The van der Waals surface area contributed by atoms with E-state index in [1.807, 2.05) is 6.07 Å². The van der Waals surface area contributed by atoms with E-state index in [0.29, 0.717) is 25.7 Å².